The van der Waals surface area contributed by atoms with E-state index in [9.17, 15) is 8.42 Å². The van der Waals surface area contributed by atoms with Crippen molar-refractivity contribution in [2.75, 3.05) is 0 Å². The average Bonchev–Trinajstić information content (AvgIpc) is 2.45. The lowest BCUT2D eigenvalue weighted by Gasteiger charge is -1.88. The third-order valence-corrected chi connectivity index (χ3v) is 1.83. The van der Waals surface area contributed by atoms with E-state index >= 15 is 0 Å². The number of fused-ring (bicyclic) bond motifs is 1. The predicted octanol–water partition coefficient (Wildman–Crippen LogP) is -1.13. The number of rotatable bonds is 1. The number of nitrogens with zero attached hydrogens (tertiary/aromatic N) is 5. The predicted molar refractivity (Wildman–Crippen MR) is 40.1 cm³/mol. The molecule has 2 rings (SSSR count). The summed E-state index contributed by atoms with van der Waals surface area (Å²) in [4.78, 5) is 7.24. The van der Waals surface area contributed by atoms with E-state index in [1.807, 2.05) is 0 Å². The van der Waals surface area contributed by atoms with Crippen molar-refractivity contribution in [2.45, 2.75) is 0 Å². The monoisotopic (exact) mass is 201 g/mol. The molecule has 0 aliphatic heterocycles. The molecule has 0 spiro atoms. The van der Waals surface area contributed by atoms with Gasteiger partial charge >= 0.3 is 10.3 Å². The molecule has 9 heteroatoms. The lowest BCUT2D eigenvalue weighted by atomic mass is 10.6. The first-order valence-corrected chi connectivity index (χ1v) is 4.48. The van der Waals surface area contributed by atoms with E-state index in [4.69, 9.17) is 4.55 Å². The van der Waals surface area contributed by atoms with E-state index in [-0.39, 0.29) is 15.4 Å². The van der Waals surface area contributed by atoms with E-state index < -0.39 is 10.3 Å². The second-order valence-corrected chi connectivity index (χ2v) is 3.35. The van der Waals surface area contributed by atoms with Gasteiger partial charge in [0.05, 0.1) is 6.20 Å². The zero-order valence-electron chi connectivity index (χ0n) is 6.06. The molecule has 13 heavy (non-hydrogen) atoms. The van der Waals surface area contributed by atoms with Crippen LogP contribution in [0.25, 0.3) is 11.2 Å². The molecule has 2 heterocycles. The highest BCUT2D eigenvalue weighted by Gasteiger charge is 2.12. The molecule has 0 aromatic carbocycles. The summed E-state index contributed by atoms with van der Waals surface area (Å²) < 4.78 is 29.8. The molecular weight excluding hydrogens is 198 g/mol. The van der Waals surface area contributed by atoms with Crippen molar-refractivity contribution < 1.29 is 13.0 Å². The zero-order chi connectivity index (χ0) is 9.47. The van der Waals surface area contributed by atoms with Crippen molar-refractivity contribution in [3.63, 3.8) is 0 Å². The van der Waals surface area contributed by atoms with Crippen LogP contribution in [0.2, 0.25) is 0 Å². The second-order valence-electron chi connectivity index (χ2n) is 2.13. The van der Waals surface area contributed by atoms with Crippen LogP contribution in [0.3, 0.4) is 0 Å². The quantitative estimate of drug-likeness (QED) is 0.581. The number of aromatic nitrogens is 5. The highest BCUT2D eigenvalue weighted by Crippen LogP contribution is 2.02. The molecule has 0 bridgehead atoms. The maximum absolute atomic E-state index is 10.5. The van der Waals surface area contributed by atoms with Gasteiger partial charge in [-0.2, -0.15) is 8.42 Å². The van der Waals surface area contributed by atoms with Gasteiger partial charge in [0.1, 0.15) is 6.33 Å². The highest BCUT2D eigenvalue weighted by molar-refractivity contribution is 7.84. The van der Waals surface area contributed by atoms with Crippen LogP contribution in [0.5, 0.6) is 0 Å². The Morgan fingerprint density at radius 3 is 2.77 bits per heavy atom. The molecule has 0 atom stereocenters. The van der Waals surface area contributed by atoms with Crippen molar-refractivity contribution in [1.82, 2.24) is 24.4 Å². The Morgan fingerprint density at radius 1 is 1.38 bits per heavy atom. The molecule has 0 saturated carbocycles. The van der Waals surface area contributed by atoms with E-state index in [0.29, 0.717) is 0 Å². The summed E-state index contributed by atoms with van der Waals surface area (Å²) in [6.45, 7) is 0. The van der Waals surface area contributed by atoms with Crippen LogP contribution in [-0.2, 0) is 10.3 Å². The summed E-state index contributed by atoms with van der Waals surface area (Å²) in [6, 6.07) is 0. The first-order chi connectivity index (χ1) is 6.07. The molecule has 68 valence electrons. The van der Waals surface area contributed by atoms with E-state index in [2.05, 4.69) is 20.2 Å². The molecule has 0 amide bonds. The van der Waals surface area contributed by atoms with Gasteiger partial charge in [0.25, 0.3) is 0 Å². The van der Waals surface area contributed by atoms with Gasteiger partial charge in [-0.1, -0.05) is 0 Å². The van der Waals surface area contributed by atoms with Crippen LogP contribution < -0.4 is 0 Å². The van der Waals surface area contributed by atoms with Crippen molar-refractivity contribution in [1.29, 1.82) is 0 Å². The summed E-state index contributed by atoms with van der Waals surface area (Å²) in [7, 11) is -4.44. The summed E-state index contributed by atoms with van der Waals surface area (Å²) >= 11 is 0. The SMILES string of the molecule is O=S(=O)(O)n1nc2cncnc2n1. The zero-order valence-corrected chi connectivity index (χ0v) is 6.88. The molecule has 0 aliphatic rings. The van der Waals surface area contributed by atoms with Crippen LogP contribution >= 0.6 is 0 Å². The van der Waals surface area contributed by atoms with Crippen LogP contribution in [0.4, 0.5) is 0 Å². The van der Waals surface area contributed by atoms with Crippen molar-refractivity contribution in [2.24, 2.45) is 0 Å². The lowest BCUT2D eigenvalue weighted by Crippen LogP contribution is -2.13. The van der Waals surface area contributed by atoms with E-state index in [0.717, 1.165) is 0 Å². The molecule has 0 aliphatic carbocycles. The molecule has 1 N–H and O–H groups in total. The Bertz CT molecular complexity index is 513. The Labute approximate surface area is 72.1 Å². The lowest BCUT2D eigenvalue weighted by molar-refractivity contribution is 0.457. The Hall–Kier alpha value is -1.61. The van der Waals surface area contributed by atoms with Gasteiger partial charge in [0.15, 0.2) is 5.52 Å². The normalized spacial score (nSPS) is 12.1. The molecule has 8 nitrogen and oxygen atoms in total. The van der Waals surface area contributed by atoms with Gasteiger partial charge in [0, 0.05) is 0 Å². The fraction of sp³-hybridized carbons (Fsp3) is 0. The Kier molecular flexibility index (Phi) is 1.50. The maximum atomic E-state index is 10.5. The van der Waals surface area contributed by atoms with E-state index in [1.165, 1.54) is 12.5 Å². The standard InChI is InChI=1S/C4H3N5O3S/c10-13(11,12)9-7-3-1-5-2-6-4(3)8-9/h1-2H,(H,10,11,12). The molecule has 2 aromatic rings. The van der Waals surface area contributed by atoms with Crippen LogP contribution in [0, 0.1) is 0 Å². The van der Waals surface area contributed by atoms with Crippen LogP contribution in [0.1, 0.15) is 0 Å². The number of hydrogen-bond acceptors (Lipinski definition) is 6. The average molecular weight is 201 g/mol. The molecule has 0 radical (unpaired) electrons. The first kappa shape index (κ1) is 8.01. The van der Waals surface area contributed by atoms with Gasteiger partial charge < -0.3 is 0 Å². The van der Waals surface area contributed by atoms with Crippen molar-refractivity contribution >= 4 is 21.5 Å². The van der Waals surface area contributed by atoms with Gasteiger partial charge in [-0.25, -0.2) is 9.97 Å². The van der Waals surface area contributed by atoms with Gasteiger partial charge in [-0.15, -0.1) is 10.2 Å². The van der Waals surface area contributed by atoms with Gasteiger partial charge in [-0.3, -0.25) is 4.55 Å². The maximum Gasteiger partial charge on any atom is 0.395 e. The smallest absolute Gasteiger partial charge is 0.267 e. The third kappa shape index (κ3) is 1.34. The Balaban J connectivity index is 2.77. The molecule has 0 unspecified atom stereocenters. The highest BCUT2D eigenvalue weighted by atomic mass is 32.2. The van der Waals surface area contributed by atoms with Gasteiger partial charge in [-0.05, 0) is 4.20 Å². The largest absolute Gasteiger partial charge is 0.395 e. The second kappa shape index (κ2) is 2.44. The molecular formula is C4H3N5O3S. The summed E-state index contributed by atoms with van der Waals surface area (Å²) in [6.07, 6.45) is 2.49. The third-order valence-electron chi connectivity index (χ3n) is 1.25. The van der Waals surface area contributed by atoms with Crippen LogP contribution in [-0.4, -0.2) is 37.3 Å². The number of hydrogen-bond donors (Lipinski definition) is 1. The minimum absolute atomic E-state index is 0.104. The minimum Gasteiger partial charge on any atom is -0.267 e. The fourth-order valence-corrected chi connectivity index (χ4v) is 1.13. The summed E-state index contributed by atoms with van der Waals surface area (Å²) in [5.74, 6) is 0. The molecule has 0 saturated heterocycles. The molecule has 0 fully saturated rings. The topological polar surface area (TPSA) is 111 Å². The summed E-state index contributed by atoms with van der Waals surface area (Å²) in [5, 5.41) is 6.83. The first-order valence-electron chi connectivity index (χ1n) is 3.08. The van der Waals surface area contributed by atoms with E-state index in [1.54, 1.807) is 0 Å². The van der Waals surface area contributed by atoms with Gasteiger partial charge in [0.2, 0.25) is 5.65 Å². The van der Waals surface area contributed by atoms with Crippen molar-refractivity contribution in [3.8, 4) is 0 Å². The Morgan fingerprint density at radius 2 is 2.15 bits per heavy atom. The van der Waals surface area contributed by atoms with Crippen LogP contribution in [0.15, 0.2) is 12.5 Å². The minimum atomic E-state index is -4.44. The summed E-state index contributed by atoms with van der Waals surface area (Å²) in [5.41, 5.74) is 0.299. The fourth-order valence-electron chi connectivity index (χ4n) is 0.762. The molecule has 2 aromatic heterocycles. The van der Waals surface area contributed by atoms with Crippen molar-refractivity contribution in [3.05, 3.63) is 12.5 Å².